The highest BCUT2D eigenvalue weighted by Crippen LogP contribution is 2.27. The first-order valence-corrected chi connectivity index (χ1v) is 7.84. The fourth-order valence-electron chi connectivity index (χ4n) is 2.13. The number of anilines is 1. The predicted octanol–water partition coefficient (Wildman–Crippen LogP) is 2.05. The Morgan fingerprint density at radius 2 is 2.21 bits per heavy atom. The van der Waals surface area contributed by atoms with Gasteiger partial charge >= 0.3 is 0 Å². The first-order valence-electron chi connectivity index (χ1n) is 7.03. The zero-order chi connectivity index (χ0) is 13.1. The van der Waals surface area contributed by atoms with Gasteiger partial charge < -0.3 is 15.0 Å². The van der Waals surface area contributed by atoms with Gasteiger partial charge in [-0.25, -0.2) is 4.98 Å². The van der Waals surface area contributed by atoms with E-state index < -0.39 is 0 Å². The van der Waals surface area contributed by atoms with Gasteiger partial charge in [0.05, 0.1) is 23.8 Å². The van der Waals surface area contributed by atoms with Crippen LogP contribution in [0.25, 0.3) is 6.08 Å². The number of morpholine rings is 1. The molecule has 2 fully saturated rings. The van der Waals surface area contributed by atoms with Crippen molar-refractivity contribution in [3.8, 4) is 0 Å². The summed E-state index contributed by atoms with van der Waals surface area (Å²) in [6.07, 6.45) is 7.09. The number of ether oxygens (including phenoxy) is 1. The van der Waals surface area contributed by atoms with Crippen LogP contribution in [-0.2, 0) is 4.74 Å². The van der Waals surface area contributed by atoms with Gasteiger partial charge in [0.1, 0.15) is 0 Å². The van der Waals surface area contributed by atoms with Gasteiger partial charge in [0, 0.05) is 25.7 Å². The fraction of sp³-hybridized carbons (Fsp3) is 0.643. The lowest BCUT2D eigenvalue weighted by Crippen LogP contribution is -2.36. The van der Waals surface area contributed by atoms with Gasteiger partial charge in [0.2, 0.25) is 0 Å². The zero-order valence-corrected chi connectivity index (χ0v) is 12.2. The van der Waals surface area contributed by atoms with Crippen LogP contribution in [0.3, 0.4) is 0 Å². The minimum Gasteiger partial charge on any atom is -0.378 e. The molecule has 0 atom stereocenters. The Morgan fingerprint density at radius 1 is 1.42 bits per heavy atom. The Balaban J connectivity index is 1.59. The van der Waals surface area contributed by atoms with Crippen LogP contribution in [0.15, 0.2) is 6.08 Å². The average molecular weight is 279 g/mol. The zero-order valence-electron chi connectivity index (χ0n) is 11.4. The summed E-state index contributed by atoms with van der Waals surface area (Å²) in [6.45, 7) is 6.60. The van der Waals surface area contributed by atoms with E-state index >= 15 is 0 Å². The van der Waals surface area contributed by atoms with Crippen LogP contribution in [0, 0.1) is 6.92 Å². The van der Waals surface area contributed by atoms with Gasteiger partial charge in [-0.2, -0.15) is 0 Å². The molecule has 0 spiro atoms. The first kappa shape index (κ1) is 13.1. The van der Waals surface area contributed by atoms with E-state index in [-0.39, 0.29) is 0 Å². The highest BCUT2D eigenvalue weighted by molar-refractivity contribution is 7.16. The molecule has 0 amide bonds. The maximum atomic E-state index is 5.38. The second-order valence-corrected chi connectivity index (χ2v) is 6.14. The third-order valence-corrected chi connectivity index (χ3v) is 4.66. The SMILES string of the molecule is Cc1nc(N2CCOCC2)sc1C=CCNC1CC1. The van der Waals surface area contributed by atoms with Crippen LogP contribution in [-0.4, -0.2) is 43.9 Å². The molecule has 19 heavy (non-hydrogen) atoms. The summed E-state index contributed by atoms with van der Waals surface area (Å²) in [6, 6.07) is 0.774. The van der Waals surface area contributed by atoms with E-state index in [1.54, 1.807) is 11.3 Å². The smallest absolute Gasteiger partial charge is 0.186 e. The molecular weight excluding hydrogens is 258 g/mol. The summed E-state index contributed by atoms with van der Waals surface area (Å²) in [5.41, 5.74) is 1.13. The summed E-state index contributed by atoms with van der Waals surface area (Å²) in [4.78, 5) is 8.28. The Bertz CT molecular complexity index is 448. The lowest BCUT2D eigenvalue weighted by atomic mass is 10.3. The molecule has 0 unspecified atom stereocenters. The van der Waals surface area contributed by atoms with E-state index in [2.05, 4.69) is 34.3 Å². The highest BCUT2D eigenvalue weighted by Gasteiger charge is 2.19. The van der Waals surface area contributed by atoms with Crippen molar-refractivity contribution >= 4 is 22.5 Å². The third-order valence-electron chi connectivity index (χ3n) is 3.47. The molecule has 1 aliphatic carbocycles. The molecule has 1 aromatic rings. The van der Waals surface area contributed by atoms with Crippen molar-refractivity contribution < 1.29 is 4.74 Å². The molecule has 104 valence electrons. The Morgan fingerprint density at radius 3 is 2.95 bits per heavy atom. The molecule has 1 N–H and O–H groups in total. The Kier molecular flexibility index (Phi) is 4.15. The summed E-state index contributed by atoms with van der Waals surface area (Å²) < 4.78 is 5.38. The van der Waals surface area contributed by atoms with Gasteiger partial charge in [-0.15, -0.1) is 0 Å². The second kappa shape index (κ2) is 6.03. The molecule has 0 aromatic carbocycles. The van der Waals surface area contributed by atoms with E-state index in [4.69, 9.17) is 4.74 Å². The number of thiazole rings is 1. The summed E-state index contributed by atoms with van der Waals surface area (Å²) in [7, 11) is 0. The van der Waals surface area contributed by atoms with Crippen molar-refractivity contribution in [2.75, 3.05) is 37.7 Å². The average Bonchev–Trinajstić information content (AvgIpc) is 3.19. The minimum absolute atomic E-state index is 0.774. The summed E-state index contributed by atoms with van der Waals surface area (Å²) >= 11 is 1.79. The summed E-state index contributed by atoms with van der Waals surface area (Å²) in [5.74, 6) is 0. The van der Waals surface area contributed by atoms with E-state index in [0.29, 0.717) is 0 Å². The van der Waals surface area contributed by atoms with Gasteiger partial charge in [0.25, 0.3) is 0 Å². The first-order chi connectivity index (χ1) is 9.33. The molecule has 1 saturated carbocycles. The van der Waals surface area contributed by atoms with E-state index in [1.165, 1.54) is 17.7 Å². The van der Waals surface area contributed by atoms with Crippen LogP contribution in [0.2, 0.25) is 0 Å². The molecular formula is C14H21N3OS. The standard InChI is InChI=1S/C14H21N3OS/c1-11-13(3-2-6-15-12-4-5-12)19-14(16-11)17-7-9-18-10-8-17/h2-3,12,15H,4-10H2,1H3. The van der Waals surface area contributed by atoms with Crippen molar-refractivity contribution in [1.29, 1.82) is 0 Å². The van der Waals surface area contributed by atoms with Crippen molar-refractivity contribution in [2.45, 2.75) is 25.8 Å². The highest BCUT2D eigenvalue weighted by atomic mass is 32.1. The number of nitrogens with one attached hydrogen (secondary N) is 1. The molecule has 2 heterocycles. The number of aromatic nitrogens is 1. The molecule has 5 heteroatoms. The quantitative estimate of drug-likeness (QED) is 0.895. The van der Waals surface area contributed by atoms with Crippen LogP contribution in [0.4, 0.5) is 5.13 Å². The number of aryl methyl sites for hydroxylation is 1. The second-order valence-electron chi connectivity index (χ2n) is 5.13. The van der Waals surface area contributed by atoms with Gasteiger partial charge in [-0.3, -0.25) is 0 Å². The molecule has 4 nitrogen and oxygen atoms in total. The fourth-order valence-corrected chi connectivity index (χ4v) is 3.17. The Labute approximate surface area is 118 Å². The number of hydrogen-bond acceptors (Lipinski definition) is 5. The maximum absolute atomic E-state index is 5.38. The maximum Gasteiger partial charge on any atom is 0.186 e. The van der Waals surface area contributed by atoms with Crippen molar-refractivity contribution in [1.82, 2.24) is 10.3 Å². The molecule has 1 aromatic heterocycles. The van der Waals surface area contributed by atoms with Crippen LogP contribution in [0.5, 0.6) is 0 Å². The Hall–Kier alpha value is -0.910. The van der Waals surface area contributed by atoms with Gasteiger partial charge in [0.15, 0.2) is 5.13 Å². The van der Waals surface area contributed by atoms with Crippen molar-refractivity contribution in [2.24, 2.45) is 0 Å². The topological polar surface area (TPSA) is 37.4 Å². The largest absolute Gasteiger partial charge is 0.378 e. The van der Waals surface area contributed by atoms with E-state index in [9.17, 15) is 0 Å². The number of rotatable bonds is 5. The van der Waals surface area contributed by atoms with Crippen LogP contribution in [0.1, 0.15) is 23.4 Å². The molecule has 0 bridgehead atoms. The van der Waals surface area contributed by atoms with Crippen LogP contribution >= 0.6 is 11.3 Å². The van der Waals surface area contributed by atoms with E-state index in [1.807, 2.05) is 0 Å². The van der Waals surface area contributed by atoms with Crippen molar-refractivity contribution in [3.63, 3.8) is 0 Å². The monoisotopic (exact) mass is 279 g/mol. The normalized spacial score (nSPS) is 20.4. The van der Waals surface area contributed by atoms with Gasteiger partial charge in [-0.1, -0.05) is 17.4 Å². The molecule has 0 radical (unpaired) electrons. The summed E-state index contributed by atoms with van der Waals surface area (Å²) in [5, 5.41) is 4.62. The number of nitrogens with zero attached hydrogens (tertiary/aromatic N) is 2. The molecule has 1 aliphatic heterocycles. The molecule has 1 saturated heterocycles. The van der Waals surface area contributed by atoms with Crippen LogP contribution < -0.4 is 10.2 Å². The minimum atomic E-state index is 0.774. The third kappa shape index (κ3) is 3.55. The lowest BCUT2D eigenvalue weighted by molar-refractivity contribution is 0.122. The molecule has 2 aliphatic rings. The lowest BCUT2D eigenvalue weighted by Gasteiger charge is -2.25. The predicted molar refractivity (Wildman–Crippen MR) is 79.9 cm³/mol. The van der Waals surface area contributed by atoms with Gasteiger partial charge in [-0.05, 0) is 25.8 Å². The van der Waals surface area contributed by atoms with E-state index in [0.717, 1.165) is 49.7 Å². The molecule has 3 rings (SSSR count). The number of hydrogen-bond donors (Lipinski definition) is 1. The van der Waals surface area contributed by atoms with Crippen molar-refractivity contribution in [3.05, 3.63) is 16.6 Å².